The van der Waals surface area contributed by atoms with Crippen molar-refractivity contribution in [2.75, 3.05) is 26.8 Å². The van der Waals surface area contributed by atoms with Crippen LogP contribution in [0.15, 0.2) is 28.7 Å². The number of rotatable bonds is 9. The van der Waals surface area contributed by atoms with E-state index in [1.165, 1.54) is 0 Å². The molecule has 1 atom stereocenters. The number of carbonyl (C=O) groups is 1. The van der Waals surface area contributed by atoms with Crippen LogP contribution in [0.25, 0.3) is 0 Å². The first kappa shape index (κ1) is 20.4. The Labute approximate surface area is 141 Å². The lowest BCUT2D eigenvalue weighted by Gasteiger charge is -2.16. The Bertz CT molecular complexity index is 418. The highest BCUT2D eigenvalue weighted by molar-refractivity contribution is 9.10. The maximum absolute atomic E-state index is 12.2. The van der Waals surface area contributed by atoms with Gasteiger partial charge in [-0.15, -0.1) is 12.4 Å². The van der Waals surface area contributed by atoms with Crippen LogP contribution in [-0.4, -0.2) is 32.7 Å². The van der Waals surface area contributed by atoms with Gasteiger partial charge in [-0.25, -0.2) is 0 Å². The molecule has 3 N–H and O–H groups in total. The molecule has 4 nitrogen and oxygen atoms in total. The Morgan fingerprint density at radius 3 is 2.86 bits per heavy atom. The SMILES string of the molecule is COCCC(Cc1cccc(Br)c1)C(=O)NCCCN.Cl. The van der Waals surface area contributed by atoms with Crippen LogP contribution in [0.1, 0.15) is 18.4 Å². The highest BCUT2D eigenvalue weighted by Crippen LogP contribution is 2.17. The van der Waals surface area contributed by atoms with Crippen molar-refractivity contribution in [3.8, 4) is 0 Å². The maximum Gasteiger partial charge on any atom is 0.223 e. The summed E-state index contributed by atoms with van der Waals surface area (Å²) >= 11 is 3.45. The summed E-state index contributed by atoms with van der Waals surface area (Å²) in [7, 11) is 1.66. The minimum absolute atomic E-state index is 0. The quantitative estimate of drug-likeness (QED) is 0.648. The molecule has 0 fully saturated rings. The minimum Gasteiger partial charge on any atom is -0.385 e. The van der Waals surface area contributed by atoms with Crippen molar-refractivity contribution >= 4 is 34.2 Å². The van der Waals surface area contributed by atoms with Crippen molar-refractivity contribution in [2.24, 2.45) is 11.7 Å². The van der Waals surface area contributed by atoms with E-state index in [1.807, 2.05) is 24.3 Å². The molecule has 1 aromatic rings. The smallest absolute Gasteiger partial charge is 0.223 e. The molecule has 0 heterocycles. The molecule has 0 saturated carbocycles. The van der Waals surface area contributed by atoms with E-state index in [1.54, 1.807) is 7.11 Å². The summed E-state index contributed by atoms with van der Waals surface area (Å²) in [6.07, 6.45) is 2.24. The van der Waals surface area contributed by atoms with Gasteiger partial charge in [-0.2, -0.15) is 0 Å². The molecule has 1 amide bonds. The summed E-state index contributed by atoms with van der Waals surface area (Å²) in [6, 6.07) is 8.05. The molecule has 120 valence electrons. The van der Waals surface area contributed by atoms with Gasteiger partial charge in [0.25, 0.3) is 0 Å². The summed E-state index contributed by atoms with van der Waals surface area (Å²) in [5, 5.41) is 2.94. The van der Waals surface area contributed by atoms with Crippen LogP contribution in [0, 0.1) is 5.92 Å². The lowest BCUT2D eigenvalue weighted by atomic mass is 9.95. The molecular formula is C15H24BrClN2O2. The molecule has 0 bridgehead atoms. The van der Waals surface area contributed by atoms with Gasteiger partial charge in [0.2, 0.25) is 5.91 Å². The van der Waals surface area contributed by atoms with Crippen molar-refractivity contribution in [3.05, 3.63) is 34.3 Å². The molecule has 0 aliphatic heterocycles. The van der Waals surface area contributed by atoms with Gasteiger partial charge < -0.3 is 15.8 Å². The third-order valence-electron chi connectivity index (χ3n) is 3.09. The highest BCUT2D eigenvalue weighted by Gasteiger charge is 2.18. The molecule has 21 heavy (non-hydrogen) atoms. The molecule has 0 saturated heterocycles. The second kappa shape index (κ2) is 12.0. The molecule has 0 aliphatic rings. The molecule has 1 unspecified atom stereocenters. The van der Waals surface area contributed by atoms with E-state index in [4.69, 9.17) is 10.5 Å². The van der Waals surface area contributed by atoms with Crippen LogP contribution in [0.3, 0.4) is 0 Å². The molecule has 0 radical (unpaired) electrons. The zero-order valence-corrected chi connectivity index (χ0v) is 14.7. The minimum atomic E-state index is -0.0676. The molecule has 0 spiro atoms. The lowest BCUT2D eigenvalue weighted by molar-refractivity contribution is -0.125. The van der Waals surface area contributed by atoms with E-state index in [2.05, 4.69) is 21.2 Å². The monoisotopic (exact) mass is 378 g/mol. The Morgan fingerprint density at radius 2 is 2.24 bits per heavy atom. The number of methoxy groups -OCH3 is 1. The number of hydrogen-bond acceptors (Lipinski definition) is 3. The number of benzene rings is 1. The fourth-order valence-corrected chi connectivity index (χ4v) is 2.44. The van der Waals surface area contributed by atoms with Gasteiger partial charge in [0.15, 0.2) is 0 Å². The summed E-state index contributed by atoms with van der Waals surface area (Å²) < 4.78 is 6.13. The lowest BCUT2D eigenvalue weighted by Crippen LogP contribution is -2.34. The fraction of sp³-hybridized carbons (Fsp3) is 0.533. The molecular weight excluding hydrogens is 356 g/mol. The van der Waals surface area contributed by atoms with E-state index >= 15 is 0 Å². The number of amides is 1. The van der Waals surface area contributed by atoms with Crippen molar-refractivity contribution < 1.29 is 9.53 Å². The topological polar surface area (TPSA) is 64.3 Å². The number of nitrogens with one attached hydrogen (secondary N) is 1. The summed E-state index contributed by atoms with van der Waals surface area (Å²) in [5.41, 5.74) is 6.58. The zero-order valence-electron chi connectivity index (χ0n) is 12.3. The first-order valence-electron chi connectivity index (χ1n) is 6.88. The van der Waals surface area contributed by atoms with Crippen LogP contribution < -0.4 is 11.1 Å². The van der Waals surface area contributed by atoms with Crippen LogP contribution in [-0.2, 0) is 16.0 Å². The van der Waals surface area contributed by atoms with Gasteiger partial charge in [-0.3, -0.25) is 4.79 Å². The van der Waals surface area contributed by atoms with Gasteiger partial charge in [-0.1, -0.05) is 28.1 Å². The second-order valence-corrected chi connectivity index (χ2v) is 5.66. The Kier molecular flexibility index (Phi) is 11.6. The fourth-order valence-electron chi connectivity index (χ4n) is 1.99. The Balaban J connectivity index is 0.00000400. The first-order valence-corrected chi connectivity index (χ1v) is 7.67. The van der Waals surface area contributed by atoms with Gasteiger partial charge in [0.1, 0.15) is 0 Å². The average Bonchev–Trinajstić information content (AvgIpc) is 2.43. The second-order valence-electron chi connectivity index (χ2n) is 4.75. The van der Waals surface area contributed by atoms with E-state index in [-0.39, 0.29) is 24.2 Å². The van der Waals surface area contributed by atoms with Gasteiger partial charge >= 0.3 is 0 Å². The van der Waals surface area contributed by atoms with Crippen molar-refractivity contribution in [3.63, 3.8) is 0 Å². The van der Waals surface area contributed by atoms with Crippen molar-refractivity contribution in [1.82, 2.24) is 5.32 Å². The van der Waals surface area contributed by atoms with Gasteiger partial charge in [0.05, 0.1) is 0 Å². The van der Waals surface area contributed by atoms with Crippen LogP contribution >= 0.6 is 28.3 Å². The van der Waals surface area contributed by atoms with E-state index in [0.717, 1.165) is 29.3 Å². The summed E-state index contributed by atoms with van der Waals surface area (Å²) in [5.74, 6) is 0.0116. The molecule has 6 heteroatoms. The standard InChI is InChI=1S/C15H23BrN2O2.ClH/c1-20-9-6-13(15(19)18-8-3-7-17)10-12-4-2-5-14(16)11-12;/h2,4-5,11,13H,3,6-10,17H2,1H3,(H,18,19);1H. The normalized spacial score (nSPS) is 11.6. The molecule has 0 aromatic heterocycles. The highest BCUT2D eigenvalue weighted by atomic mass is 79.9. The van der Waals surface area contributed by atoms with Crippen LogP contribution in [0.5, 0.6) is 0 Å². The molecule has 0 aliphatic carbocycles. The average molecular weight is 380 g/mol. The van der Waals surface area contributed by atoms with Gasteiger partial charge in [-0.05, 0) is 43.5 Å². The van der Waals surface area contributed by atoms with E-state index in [9.17, 15) is 4.79 Å². The van der Waals surface area contributed by atoms with Crippen molar-refractivity contribution in [1.29, 1.82) is 0 Å². The number of nitrogens with two attached hydrogens (primary N) is 1. The number of halogens is 2. The maximum atomic E-state index is 12.2. The van der Waals surface area contributed by atoms with Crippen molar-refractivity contribution in [2.45, 2.75) is 19.3 Å². The van der Waals surface area contributed by atoms with E-state index in [0.29, 0.717) is 19.7 Å². The number of ether oxygens (including phenoxy) is 1. The van der Waals surface area contributed by atoms with Crippen LogP contribution in [0.4, 0.5) is 0 Å². The predicted molar refractivity (Wildman–Crippen MR) is 91.8 cm³/mol. The Hall–Kier alpha value is -0.620. The molecule has 1 rings (SSSR count). The largest absolute Gasteiger partial charge is 0.385 e. The Morgan fingerprint density at radius 1 is 1.48 bits per heavy atom. The van der Waals surface area contributed by atoms with E-state index < -0.39 is 0 Å². The number of hydrogen-bond donors (Lipinski definition) is 2. The number of carbonyl (C=O) groups excluding carboxylic acids is 1. The summed E-state index contributed by atoms with van der Waals surface area (Å²) in [4.78, 5) is 12.2. The van der Waals surface area contributed by atoms with Gasteiger partial charge in [0, 0.05) is 30.7 Å². The zero-order chi connectivity index (χ0) is 14.8. The predicted octanol–water partition coefficient (Wildman–Crippen LogP) is 2.53. The third-order valence-corrected chi connectivity index (χ3v) is 3.59. The summed E-state index contributed by atoms with van der Waals surface area (Å²) in [6.45, 7) is 1.81. The third kappa shape index (κ3) is 8.41. The molecule has 1 aromatic carbocycles. The first-order chi connectivity index (χ1) is 9.67. The van der Waals surface area contributed by atoms with Crippen LogP contribution in [0.2, 0.25) is 0 Å².